The predicted octanol–water partition coefficient (Wildman–Crippen LogP) is 1.54. The average Bonchev–Trinajstić information content (AvgIpc) is 3.32. The number of fused-ring (bicyclic) bond motifs is 1. The van der Waals surface area contributed by atoms with Crippen molar-refractivity contribution in [3.63, 3.8) is 0 Å². The third-order valence-corrected chi connectivity index (χ3v) is 4.93. The van der Waals surface area contributed by atoms with Crippen molar-refractivity contribution in [1.82, 2.24) is 9.97 Å². The summed E-state index contributed by atoms with van der Waals surface area (Å²) in [5.74, 6) is 2.37. The van der Waals surface area contributed by atoms with Gasteiger partial charge in [-0.3, -0.25) is 14.8 Å². The van der Waals surface area contributed by atoms with E-state index < -0.39 is 16.9 Å². The molecule has 2 aromatic rings. The fraction of sp³-hybridized carbons (Fsp3) is 0.562. The molecule has 0 radical (unpaired) electrons. The molecule has 116 valence electrons. The number of hydrogen-bond donors (Lipinski definition) is 2. The molecule has 0 spiro atoms. The molecular weight excluding hydrogens is 284 g/mol. The number of rotatable bonds is 5. The summed E-state index contributed by atoms with van der Waals surface area (Å²) >= 11 is 0. The quantitative estimate of drug-likeness (QED) is 0.875. The summed E-state index contributed by atoms with van der Waals surface area (Å²) in [6, 6.07) is 1.38. The second-order valence-electron chi connectivity index (χ2n) is 6.58. The van der Waals surface area contributed by atoms with E-state index >= 15 is 0 Å². The summed E-state index contributed by atoms with van der Waals surface area (Å²) in [6.45, 7) is 0. The van der Waals surface area contributed by atoms with E-state index in [2.05, 4.69) is 9.97 Å². The molecular formula is C16H18N2O4. The van der Waals surface area contributed by atoms with E-state index in [4.69, 9.17) is 4.42 Å². The lowest BCUT2D eigenvalue weighted by atomic mass is 9.90. The largest absolute Gasteiger partial charge is 0.405 e. The second-order valence-corrected chi connectivity index (χ2v) is 6.58. The summed E-state index contributed by atoms with van der Waals surface area (Å²) in [6.07, 6.45) is 6.92. The van der Waals surface area contributed by atoms with Gasteiger partial charge in [-0.15, -0.1) is 0 Å². The Kier molecular flexibility index (Phi) is 3.06. The monoisotopic (exact) mass is 302 g/mol. The van der Waals surface area contributed by atoms with Crippen molar-refractivity contribution in [1.29, 1.82) is 0 Å². The van der Waals surface area contributed by atoms with Crippen LogP contribution in [0.3, 0.4) is 0 Å². The Morgan fingerprint density at radius 1 is 1.09 bits per heavy atom. The molecule has 2 N–H and O–H groups in total. The van der Waals surface area contributed by atoms with Crippen LogP contribution in [0, 0.1) is 17.8 Å². The summed E-state index contributed by atoms with van der Waals surface area (Å²) in [4.78, 5) is 39.6. The molecule has 2 aliphatic rings. The van der Waals surface area contributed by atoms with Gasteiger partial charge in [-0.25, -0.2) is 9.59 Å². The maximum atomic E-state index is 12.0. The lowest BCUT2D eigenvalue weighted by Crippen LogP contribution is -2.24. The summed E-state index contributed by atoms with van der Waals surface area (Å²) in [7, 11) is 0. The van der Waals surface area contributed by atoms with Gasteiger partial charge in [0, 0.05) is 6.07 Å². The predicted molar refractivity (Wildman–Crippen MR) is 81.0 cm³/mol. The molecule has 0 aliphatic heterocycles. The normalized spacial score (nSPS) is 18.2. The Morgan fingerprint density at radius 2 is 1.77 bits per heavy atom. The van der Waals surface area contributed by atoms with E-state index in [0.717, 1.165) is 18.3 Å². The first-order valence-electron chi connectivity index (χ1n) is 7.91. The van der Waals surface area contributed by atoms with Gasteiger partial charge >= 0.3 is 11.3 Å². The SMILES string of the molecule is O=c1[nH]c(=O)c2c(CCC(C3CC3)C3CC3)cc(=O)oc2[nH]1. The summed E-state index contributed by atoms with van der Waals surface area (Å²) < 4.78 is 4.96. The van der Waals surface area contributed by atoms with Crippen LogP contribution in [0.2, 0.25) is 0 Å². The molecule has 0 atom stereocenters. The standard InChI is InChI=1S/C16H18N2O4/c19-12-7-10(5-6-11(8-1-2-8)9-3-4-9)13-14(20)17-16(21)18-15(13)22-12/h7-9,11H,1-6H2,(H2,17,18,20,21). The van der Waals surface area contributed by atoms with Gasteiger partial charge in [0.1, 0.15) is 5.39 Å². The van der Waals surface area contributed by atoms with Crippen LogP contribution in [0.1, 0.15) is 37.7 Å². The van der Waals surface area contributed by atoms with Gasteiger partial charge in [-0.1, -0.05) is 0 Å². The van der Waals surface area contributed by atoms with Gasteiger partial charge in [-0.2, -0.15) is 0 Å². The van der Waals surface area contributed by atoms with E-state index in [1.165, 1.54) is 31.7 Å². The number of nitrogens with one attached hydrogen (secondary N) is 2. The molecule has 6 nitrogen and oxygen atoms in total. The number of aromatic amines is 2. The zero-order valence-electron chi connectivity index (χ0n) is 12.2. The Hall–Kier alpha value is -2.11. The van der Waals surface area contributed by atoms with Crippen LogP contribution in [0.4, 0.5) is 0 Å². The molecule has 2 fully saturated rings. The van der Waals surface area contributed by atoms with E-state index in [-0.39, 0.29) is 5.71 Å². The Balaban J connectivity index is 1.69. The van der Waals surface area contributed by atoms with E-state index in [1.807, 2.05) is 0 Å². The first-order chi connectivity index (χ1) is 10.6. The molecule has 0 bridgehead atoms. The van der Waals surface area contributed by atoms with Gasteiger partial charge in [0.05, 0.1) is 0 Å². The highest BCUT2D eigenvalue weighted by atomic mass is 16.4. The van der Waals surface area contributed by atoms with Crippen LogP contribution in [0.25, 0.3) is 11.1 Å². The number of aryl methyl sites for hydroxylation is 1. The van der Waals surface area contributed by atoms with Crippen molar-refractivity contribution in [2.24, 2.45) is 17.8 Å². The fourth-order valence-corrected chi connectivity index (χ4v) is 3.60. The molecule has 2 aromatic heterocycles. The number of aromatic nitrogens is 2. The smallest absolute Gasteiger partial charge is 0.337 e. The third kappa shape index (κ3) is 2.53. The van der Waals surface area contributed by atoms with Crippen molar-refractivity contribution in [2.45, 2.75) is 38.5 Å². The number of hydrogen-bond acceptors (Lipinski definition) is 4. The van der Waals surface area contributed by atoms with Gasteiger partial charge in [0.2, 0.25) is 5.71 Å². The molecule has 0 saturated heterocycles. The first-order valence-corrected chi connectivity index (χ1v) is 7.91. The highest BCUT2D eigenvalue weighted by Crippen LogP contribution is 2.51. The zero-order valence-corrected chi connectivity index (χ0v) is 12.2. The van der Waals surface area contributed by atoms with Crippen LogP contribution in [0.15, 0.2) is 24.9 Å². The lowest BCUT2D eigenvalue weighted by Gasteiger charge is -2.15. The number of H-pyrrole nitrogens is 2. The van der Waals surface area contributed by atoms with Crippen molar-refractivity contribution in [3.05, 3.63) is 42.9 Å². The molecule has 6 heteroatoms. The maximum absolute atomic E-state index is 12.0. The van der Waals surface area contributed by atoms with Crippen LogP contribution < -0.4 is 16.9 Å². The summed E-state index contributed by atoms with van der Waals surface area (Å²) in [5, 5.41) is 0.296. The molecule has 2 heterocycles. The Labute approximate surface area is 125 Å². The minimum absolute atomic E-state index is 0.0226. The maximum Gasteiger partial charge on any atom is 0.337 e. The molecule has 2 saturated carbocycles. The minimum atomic E-state index is -0.661. The van der Waals surface area contributed by atoms with Crippen LogP contribution >= 0.6 is 0 Å². The van der Waals surface area contributed by atoms with Gasteiger partial charge in [-0.05, 0) is 61.8 Å². The molecule has 2 aliphatic carbocycles. The van der Waals surface area contributed by atoms with Crippen molar-refractivity contribution >= 4 is 11.1 Å². The molecule has 22 heavy (non-hydrogen) atoms. The first kappa shape index (κ1) is 13.5. The minimum Gasteiger partial charge on any atom is -0.405 e. The summed E-state index contributed by atoms with van der Waals surface area (Å²) in [5.41, 5.74) is -1.03. The Morgan fingerprint density at radius 3 is 2.41 bits per heavy atom. The van der Waals surface area contributed by atoms with Crippen LogP contribution in [0.5, 0.6) is 0 Å². The highest BCUT2D eigenvalue weighted by Gasteiger charge is 2.40. The van der Waals surface area contributed by atoms with Gasteiger partial charge in [0.25, 0.3) is 5.56 Å². The van der Waals surface area contributed by atoms with E-state index in [1.54, 1.807) is 0 Å². The average molecular weight is 302 g/mol. The van der Waals surface area contributed by atoms with Crippen LogP contribution in [-0.4, -0.2) is 9.97 Å². The zero-order chi connectivity index (χ0) is 15.3. The van der Waals surface area contributed by atoms with E-state index in [9.17, 15) is 14.4 Å². The van der Waals surface area contributed by atoms with Crippen molar-refractivity contribution in [3.8, 4) is 0 Å². The molecule has 0 amide bonds. The molecule has 0 aromatic carbocycles. The third-order valence-electron chi connectivity index (χ3n) is 4.93. The second kappa shape index (κ2) is 4.97. The van der Waals surface area contributed by atoms with Crippen LogP contribution in [-0.2, 0) is 6.42 Å². The lowest BCUT2D eigenvalue weighted by molar-refractivity contribution is 0.377. The highest BCUT2D eigenvalue weighted by molar-refractivity contribution is 5.75. The molecule has 4 rings (SSSR count). The van der Waals surface area contributed by atoms with Gasteiger partial charge in [0.15, 0.2) is 0 Å². The fourth-order valence-electron chi connectivity index (χ4n) is 3.60. The molecule has 0 unspecified atom stereocenters. The van der Waals surface area contributed by atoms with Gasteiger partial charge < -0.3 is 4.42 Å². The van der Waals surface area contributed by atoms with E-state index in [0.29, 0.717) is 23.3 Å². The van der Waals surface area contributed by atoms with Crippen molar-refractivity contribution < 1.29 is 4.42 Å². The van der Waals surface area contributed by atoms with Crippen molar-refractivity contribution in [2.75, 3.05) is 0 Å². The topological polar surface area (TPSA) is 95.9 Å². The Bertz CT molecular complexity index is 866.